The van der Waals surface area contributed by atoms with Crippen molar-refractivity contribution in [3.8, 4) is 0 Å². The Hall–Kier alpha value is -0.170. The van der Waals surface area contributed by atoms with Gasteiger partial charge in [0.25, 0.3) is 10.2 Å². The van der Waals surface area contributed by atoms with Crippen LogP contribution in [0.2, 0.25) is 0 Å². The Labute approximate surface area is 110 Å². The summed E-state index contributed by atoms with van der Waals surface area (Å²) in [5.74, 6) is 0.852. The maximum atomic E-state index is 12.5. The number of rotatable bonds is 6. The molecule has 0 spiro atoms. The first-order valence-electron chi connectivity index (χ1n) is 6.94. The van der Waals surface area contributed by atoms with E-state index in [0.29, 0.717) is 32.1 Å². The minimum atomic E-state index is -3.28. The molecule has 1 aliphatic carbocycles. The molecule has 1 heterocycles. The maximum absolute atomic E-state index is 12.5. The van der Waals surface area contributed by atoms with Crippen LogP contribution in [0.1, 0.15) is 32.6 Å². The van der Waals surface area contributed by atoms with Crippen molar-refractivity contribution in [2.45, 2.75) is 32.6 Å². The van der Waals surface area contributed by atoms with Gasteiger partial charge >= 0.3 is 0 Å². The second-order valence-corrected chi connectivity index (χ2v) is 7.36. The van der Waals surface area contributed by atoms with Gasteiger partial charge in [0, 0.05) is 32.8 Å². The van der Waals surface area contributed by atoms with Crippen LogP contribution in [-0.4, -0.2) is 54.9 Å². The van der Waals surface area contributed by atoms with Crippen LogP contribution in [0.5, 0.6) is 0 Å². The molecule has 2 rings (SSSR count). The molecular formula is C12H24N2O3S. The lowest BCUT2D eigenvalue weighted by molar-refractivity contribution is 0.166. The molecule has 0 atom stereocenters. The summed E-state index contributed by atoms with van der Waals surface area (Å²) in [5.41, 5.74) is 0. The quantitative estimate of drug-likeness (QED) is 0.775. The van der Waals surface area contributed by atoms with Crippen molar-refractivity contribution in [2.75, 3.05) is 32.8 Å². The van der Waals surface area contributed by atoms with Crippen molar-refractivity contribution < 1.29 is 13.5 Å². The first kappa shape index (κ1) is 14.2. The van der Waals surface area contributed by atoms with E-state index in [2.05, 4.69) is 0 Å². The molecular weight excluding hydrogens is 252 g/mol. The molecule has 0 bridgehead atoms. The van der Waals surface area contributed by atoms with Gasteiger partial charge < -0.3 is 5.11 Å². The number of nitrogens with zero attached hydrogens (tertiary/aromatic N) is 2. The fourth-order valence-electron chi connectivity index (χ4n) is 2.46. The first-order valence-corrected chi connectivity index (χ1v) is 8.33. The van der Waals surface area contributed by atoms with Crippen molar-refractivity contribution in [2.24, 2.45) is 11.8 Å². The summed E-state index contributed by atoms with van der Waals surface area (Å²) < 4.78 is 28.1. The van der Waals surface area contributed by atoms with E-state index >= 15 is 0 Å². The van der Waals surface area contributed by atoms with Crippen molar-refractivity contribution in [3.63, 3.8) is 0 Å². The first-order chi connectivity index (χ1) is 8.57. The Balaban J connectivity index is 1.96. The van der Waals surface area contributed by atoms with E-state index in [1.54, 1.807) is 8.61 Å². The molecule has 0 aromatic carbocycles. The van der Waals surface area contributed by atoms with Crippen molar-refractivity contribution in [1.82, 2.24) is 8.61 Å². The lowest BCUT2D eigenvalue weighted by Crippen LogP contribution is -2.48. The van der Waals surface area contributed by atoms with E-state index in [9.17, 15) is 8.42 Å². The predicted molar refractivity (Wildman–Crippen MR) is 70.3 cm³/mol. The van der Waals surface area contributed by atoms with Crippen LogP contribution in [0.4, 0.5) is 0 Å². The molecule has 0 radical (unpaired) electrons. The minimum absolute atomic E-state index is 0.174. The molecule has 0 aromatic heterocycles. The number of hydrogen-bond acceptors (Lipinski definition) is 3. The summed E-state index contributed by atoms with van der Waals surface area (Å²) in [5, 5.41) is 9.08. The molecule has 0 amide bonds. The molecule has 2 aliphatic rings. The monoisotopic (exact) mass is 276 g/mol. The average Bonchev–Trinajstić information content (AvgIpc) is 3.19. The van der Waals surface area contributed by atoms with E-state index in [-0.39, 0.29) is 12.5 Å². The minimum Gasteiger partial charge on any atom is -0.396 e. The van der Waals surface area contributed by atoms with Crippen LogP contribution in [-0.2, 0) is 10.2 Å². The summed E-state index contributed by atoms with van der Waals surface area (Å²) in [4.78, 5) is 0. The molecule has 0 aromatic rings. The third-order valence-electron chi connectivity index (χ3n) is 4.00. The summed E-state index contributed by atoms with van der Waals surface area (Å²) in [7, 11) is -3.28. The Bertz CT molecular complexity index is 360. The van der Waals surface area contributed by atoms with Gasteiger partial charge in [0.15, 0.2) is 0 Å². The summed E-state index contributed by atoms with van der Waals surface area (Å²) in [6.45, 7) is 4.41. The van der Waals surface area contributed by atoms with Crippen molar-refractivity contribution in [1.29, 1.82) is 0 Å². The van der Waals surface area contributed by atoms with Crippen LogP contribution < -0.4 is 0 Å². The van der Waals surface area contributed by atoms with Crippen LogP contribution in [0, 0.1) is 11.8 Å². The Morgan fingerprint density at radius 2 is 1.78 bits per heavy atom. The van der Waals surface area contributed by atoms with Gasteiger partial charge in [-0.1, -0.05) is 6.92 Å². The highest BCUT2D eigenvalue weighted by molar-refractivity contribution is 7.86. The van der Waals surface area contributed by atoms with Gasteiger partial charge in [-0.2, -0.15) is 17.0 Å². The molecule has 1 aliphatic heterocycles. The van der Waals surface area contributed by atoms with Gasteiger partial charge in [-0.25, -0.2) is 0 Å². The van der Waals surface area contributed by atoms with E-state index in [1.807, 2.05) is 6.92 Å². The van der Waals surface area contributed by atoms with Crippen molar-refractivity contribution in [3.05, 3.63) is 0 Å². The fraction of sp³-hybridized carbons (Fsp3) is 1.00. The maximum Gasteiger partial charge on any atom is 0.281 e. The highest BCUT2D eigenvalue weighted by Gasteiger charge is 2.35. The molecule has 1 N–H and O–H groups in total. The van der Waals surface area contributed by atoms with E-state index < -0.39 is 10.2 Å². The van der Waals surface area contributed by atoms with Gasteiger partial charge in [0.05, 0.1) is 0 Å². The Kier molecular flexibility index (Phi) is 4.64. The topological polar surface area (TPSA) is 60.9 Å². The molecule has 1 saturated carbocycles. The smallest absolute Gasteiger partial charge is 0.281 e. The second kappa shape index (κ2) is 5.86. The molecule has 1 saturated heterocycles. The largest absolute Gasteiger partial charge is 0.396 e. The fourth-order valence-corrected chi connectivity index (χ4v) is 4.19. The average molecular weight is 276 g/mol. The van der Waals surface area contributed by atoms with E-state index in [4.69, 9.17) is 5.11 Å². The second-order valence-electron chi connectivity index (χ2n) is 5.43. The number of piperidine rings is 1. The molecule has 0 unspecified atom stereocenters. The predicted octanol–water partition coefficient (Wildman–Crippen LogP) is 0.667. The molecule has 2 fully saturated rings. The third-order valence-corrected chi connectivity index (χ3v) is 6.07. The van der Waals surface area contributed by atoms with Gasteiger partial charge in [-0.3, -0.25) is 0 Å². The van der Waals surface area contributed by atoms with Crippen molar-refractivity contribution >= 4 is 10.2 Å². The standard InChI is InChI=1S/C12H24N2O3S/c1-2-13(9-11-3-4-11)18(16,17)14-7-5-12(10-15)6-8-14/h11-12,15H,2-10H2,1H3. The molecule has 106 valence electrons. The molecule has 5 nitrogen and oxygen atoms in total. The zero-order valence-electron chi connectivity index (χ0n) is 11.1. The zero-order chi connectivity index (χ0) is 13.2. The summed E-state index contributed by atoms with van der Waals surface area (Å²) in [6.07, 6.45) is 3.88. The highest BCUT2D eigenvalue weighted by atomic mass is 32.2. The SMILES string of the molecule is CCN(CC1CC1)S(=O)(=O)N1CCC(CO)CC1. The lowest BCUT2D eigenvalue weighted by Gasteiger charge is -2.34. The third kappa shape index (κ3) is 3.23. The number of aliphatic hydroxyl groups is 1. The van der Waals surface area contributed by atoms with Crippen LogP contribution in [0.15, 0.2) is 0 Å². The number of aliphatic hydroxyl groups excluding tert-OH is 1. The van der Waals surface area contributed by atoms with Gasteiger partial charge in [0.2, 0.25) is 0 Å². The van der Waals surface area contributed by atoms with Crippen LogP contribution >= 0.6 is 0 Å². The summed E-state index contributed by atoms with van der Waals surface area (Å²) in [6, 6.07) is 0. The van der Waals surface area contributed by atoms with Crippen LogP contribution in [0.3, 0.4) is 0 Å². The lowest BCUT2D eigenvalue weighted by atomic mass is 10.00. The highest BCUT2D eigenvalue weighted by Crippen LogP contribution is 2.31. The van der Waals surface area contributed by atoms with Gasteiger partial charge in [-0.05, 0) is 37.5 Å². The molecule has 6 heteroatoms. The van der Waals surface area contributed by atoms with E-state index in [0.717, 1.165) is 12.8 Å². The van der Waals surface area contributed by atoms with Gasteiger partial charge in [-0.15, -0.1) is 0 Å². The Morgan fingerprint density at radius 1 is 1.17 bits per heavy atom. The zero-order valence-corrected chi connectivity index (χ0v) is 11.9. The normalized spacial score (nSPS) is 23.7. The van der Waals surface area contributed by atoms with Crippen LogP contribution in [0.25, 0.3) is 0 Å². The van der Waals surface area contributed by atoms with Gasteiger partial charge in [0.1, 0.15) is 0 Å². The summed E-state index contributed by atoms with van der Waals surface area (Å²) >= 11 is 0. The molecule has 18 heavy (non-hydrogen) atoms. The number of hydrogen-bond donors (Lipinski definition) is 1. The Morgan fingerprint density at radius 3 is 2.22 bits per heavy atom. The van der Waals surface area contributed by atoms with E-state index in [1.165, 1.54) is 12.8 Å².